The second kappa shape index (κ2) is 6.97. The number of carbonyl (C=O) groups excluding carboxylic acids is 1. The minimum atomic E-state index is -0.194. The van der Waals surface area contributed by atoms with Gasteiger partial charge in [-0.1, -0.05) is 6.92 Å². The molecule has 3 aromatic rings. The summed E-state index contributed by atoms with van der Waals surface area (Å²) < 4.78 is 2.31. The molecule has 3 rings (SSSR count). The number of anilines is 1. The van der Waals surface area contributed by atoms with E-state index in [1.54, 1.807) is 24.5 Å². The first-order valence-electron chi connectivity index (χ1n) is 7.94. The highest BCUT2D eigenvalue weighted by Crippen LogP contribution is 2.30. The van der Waals surface area contributed by atoms with Crippen LogP contribution in [-0.4, -0.2) is 20.4 Å². The molecular formula is C18H20N4OS. The molecule has 0 atom stereocenters. The van der Waals surface area contributed by atoms with Crippen LogP contribution in [0.15, 0.2) is 36.0 Å². The van der Waals surface area contributed by atoms with Crippen molar-refractivity contribution in [3.05, 3.63) is 52.9 Å². The summed E-state index contributed by atoms with van der Waals surface area (Å²) in [6.45, 7) is 7.41. The molecule has 0 saturated carbocycles. The van der Waals surface area contributed by atoms with E-state index in [-0.39, 0.29) is 5.91 Å². The van der Waals surface area contributed by atoms with E-state index in [0.29, 0.717) is 10.7 Å². The van der Waals surface area contributed by atoms with Gasteiger partial charge in [0.15, 0.2) is 5.13 Å². The van der Waals surface area contributed by atoms with Gasteiger partial charge in [-0.05, 0) is 38.5 Å². The van der Waals surface area contributed by atoms with Crippen LogP contribution in [0.1, 0.15) is 35.1 Å². The van der Waals surface area contributed by atoms with Gasteiger partial charge in [-0.3, -0.25) is 15.1 Å². The van der Waals surface area contributed by atoms with E-state index in [9.17, 15) is 4.79 Å². The van der Waals surface area contributed by atoms with Gasteiger partial charge in [-0.15, -0.1) is 11.3 Å². The number of thiazole rings is 1. The van der Waals surface area contributed by atoms with Gasteiger partial charge in [-0.2, -0.15) is 0 Å². The number of amides is 1. The number of hydrogen-bond acceptors (Lipinski definition) is 4. The van der Waals surface area contributed by atoms with E-state index in [1.165, 1.54) is 22.7 Å². The number of hydrogen-bond donors (Lipinski definition) is 1. The summed E-state index contributed by atoms with van der Waals surface area (Å²) in [4.78, 5) is 20.7. The van der Waals surface area contributed by atoms with Crippen molar-refractivity contribution in [2.24, 2.45) is 0 Å². The minimum absolute atomic E-state index is 0.194. The molecule has 24 heavy (non-hydrogen) atoms. The van der Waals surface area contributed by atoms with Crippen LogP contribution < -0.4 is 5.32 Å². The summed E-state index contributed by atoms with van der Waals surface area (Å²) >= 11 is 1.43. The van der Waals surface area contributed by atoms with E-state index in [2.05, 4.69) is 46.7 Å². The lowest BCUT2D eigenvalue weighted by molar-refractivity contribution is 0.102. The van der Waals surface area contributed by atoms with Gasteiger partial charge in [0.25, 0.3) is 5.91 Å². The molecule has 3 aromatic heterocycles. The minimum Gasteiger partial charge on any atom is -0.348 e. The number of aromatic nitrogens is 3. The van der Waals surface area contributed by atoms with Crippen LogP contribution in [0, 0.1) is 13.8 Å². The molecule has 0 bridgehead atoms. The molecule has 0 aliphatic rings. The third-order valence-electron chi connectivity index (χ3n) is 3.95. The summed E-state index contributed by atoms with van der Waals surface area (Å²) in [5, 5.41) is 5.42. The molecule has 5 nitrogen and oxygen atoms in total. The highest BCUT2D eigenvalue weighted by Gasteiger charge is 2.14. The first kappa shape index (κ1) is 16.4. The Labute approximate surface area is 145 Å². The number of nitrogens with one attached hydrogen (secondary N) is 1. The molecule has 0 radical (unpaired) electrons. The Balaban J connectivity index is 1.81. The molecule has 6 heteroatoms. The Bertz CT molecular complexity index is 851. The maximum atomic E-state index is 12.2. The zero-order chi connectivity index (χ0) is 17.1. The molecule has 1 N–H and O–H groups in total. The van der Waals surface area contributed by atoms with Crippen LogP contribution >= 0.6 is 11.3 Å². The summed E-state index contributed by atoms with van der Waals surface area (Å²) in [5.41, 5.74) is 4.99. The Morgan fingerprint density at radius 3 is 2.92 bits per heavy atom. The van der Waals surface area contributed by atoms with E-state index in [1.807, 2.05) is 5.38 Å². The largest absolute Gasteiger partial charge is 0.348 e. The molecule has 1 amide bonds. The molecule has 0 unspecified atom stereocenters. The van der Waals surface area contributed by atoms with Gasteiger partial charge >= 0.3 is 0 Å². The second-order valence-electron chi connectivity index (χ2n) is 5.67. The van der Waals surface area contributed by atoms with Crippen LogP contribution in [0.3, 0.4) is 0 Å². The van der Waals surface area contributed by atoms with E-state index < -0.39 is 0 Å². The Morgan fingerprint density at radius 1 is 1.38 bits per heavy atom. The molecule has 124 valence electrons. The highest BCUT2D eigenvalue weighted by atomic mass is 32.1. The summed E-state index contributed by atoms with van der Waals surface area (Å²) in [5.74, 6) is -0.194. The average molecular weight is 340 g/mol. The molecule has 0 aliphatic carbocycles. The SMILES string of the molecule is CCCn1c(C)cc(-c2csc(NC(=O)c3cccnc3)n2)c1C. The smallest absolute Gasteiger partial charge is 0.259 e. The summed E-state index contributed by atoms with van der Waals surface area (Å²) in [6.07, 6.45) is 4.28. The van der Waals surface area contributed by atoms with Gasteiger partial charge < -0.3 is 4.57 Å². The standard InChI is InChI=1S/C18H20N4OS/c1-4-8-22-12(2)9-15(13(22)3)16-11-24-18(20-16)21-17(23)14-6-5-7-19-10-14/h5-7,9-11H,4,8H2,1-3H3,(H,20,21,23). The maximum Gasteiger partial charge on any atom is 0.259 e. The maximum absolute atomic E-state index is 12.2. The fourth-order valence-electron chi connectivity index (χ4n) is 2.75. The van der Waals surface area contributed by atoms with Crippen molar-refractivity contribution in [2.45, 2.75) is 33.7 Å². The molecule has 3 heterocycles. The summed E-state index contributed by atoms with van der Waals surface area (Å²) in [6, 6.07) is 5.63. The molecule has 0 saturated heterocycles. The van der Waals surface area contributed by atoms with Crippen molar-refractivity contribution < 1.29 is 4.79 Å². The molecule has 0 aliphatic heterocycles. The van der Waals surface area contributed by atoms with Gasteiger partial charge in [0.05, 0.1) is 11.3 Å². The lowest BCUT2D eigenvalue weighted by Gasteiger charge is -2.07. The van der Waals surface area contributed by atoms with Crippen molar-refractivity contribution >= 4 is 22.4 Å². The van der Waals surface area contributed by atoms with E-state index >= 15 is 0 Å². The summed E-state index contributed by atoms with van der Waals surface area (Å²) in [7, 11) is 0. The first-order chi connectivity index (χ1) is 11.6. The molecule has 0 spiro atoms. The van der Waals surface area contributed by atoms with Crippen LogP contribution in [0.2, 0.25) is 0 Å². The molecule has 0 fully saturated rings. The van der Waals surface area contributed by atoms with Crippen LogP contribution in [-0.2, 0) is 6.54 Å². The highest BCUT2D eigenvalue weighted by molar-refractivity contribution is 7.14. The van der Waals surface area contributed by atoms with Gasteiger partial charge in [0.1, 0.15) is 0 Å². The van der Waals surface area contributed by atoms with Gasteiger partial charge in [0.2, 0.25) is 0 Å². The monoisotopic (exact) mass is 340 g/mol. The Morgan fingerprint density at radius 2 is 2.21 bits per heavy atom. The third-order valence-corrected chi connectivity index (χ3v) is 4.70. The first-order valence-corrected chi connectivity index (χ1v) is 8.82. The number of rotatable bonds is 5. The zero-order valence-corrected chi connectivity index (χ0v) is 14.9. The van der Waals surface area contributed by atoms with Crippen molar-refractivity contribution in [1.82, 2.24) is 14.5 Å². The van der Waals surface area contributed by atoms with Crippen molar-refractivity contribution in [3.8, 4) is 11.3 Å². The van der Waals surface area contributed by atoms with Gasteiger partial charge in [-0.25, -0.2) is 4.98 Å². The fraction of sp³-hybridized carbons (Fsp3) is 0.278. The predicted molar refractivity (Wildman–Crippen MR) is 97.5 cm³/mol. The number of nitrogens with zero attached hydrogens (tertiary/aromatic N) is 3. The van der Waals surface area contributed by atoms with Crippen LogP contribution in [0.4, 0.5) is 5.13 Å². The topological polar surface area (TPSA) is 59.8 Å². The number of aryl methyl sites for hydroxylation is 1. The Hall–Kier alpha value is -2.47. The number of carbonyl (C=O) groups is 1. The zero-order valence-electron chi connectivity index (χ0n) is 14.0. The van der Waals surface area contributed by atoms with E-state index in [0.717, 1.165) is 24.2 Å². The van der Waals surface area contributed by atoms with Crippen LogP contribution in [0.25, 0.3) is 11.3 Å². The van der Waals surface area contributed by atoms with Crippen molar-refractivity contribution in [1.29, 1.82) is 0 Å². The Kier molecular flexibility index (Phi) is 4.76. The van der Waals surface area contributed by atoms with Crippen LogP contribution in [0.5, 0.6) is 0 Å². The average Bonchev–Trinajstić information content (AvgIpc) is 3.15. The van der Waals surface area contributed by atoms with E-state index in [4.69, 9.17) is 0 Å². The lowest BCUT2D eigenvalue weighted by Crippen LogP contribution is -2.11. The normalized spacial score (nSPS) is 10.8. The van der Waals surface area contributed by atoms with Crippen molar-refractivity contribution in [3.63, 3.8) is 0 Å². The predicted octanol–water partition coefficient (Wildman–Crippen LogP) is 4.29. The number of pyridine rings is 1. The molecule has 0 aromatic carbocycles. The van der Waals surface area contributed by atoms with Gasteiger partial charge in [0, 0.05) is 41.3 Å². The second-order valence-corrected chi connectivity index (χ2v) is 6.53. The third kappa shape index (κ3) is 3.23. The lowest BCUT2D eigenvalue weighted by atomic mass is 10.2. The molecular weight excluding hydrogens is 320 g/mol. The van der Waals surface area contributed by atoms with Crippen molar-refractivity contribution in [2.75, 3.05) is 5.32 Å². The quantitative estimate of drug-likeness (QED) is 0.754. The fourth-order valence-corrected chi connectivity index (χ4v) is 3.45.